The van der Waals surface area contributed by atoms with Crippen LogP contribution in [0, 0.1) is 11.7 Å². The van der Waals surface area contributed by atoms with E-state index >= 15 is 0 Å². The molecule has 0 amide bonds. The summed E-state index contributed by atoms with van der Waals surface area (Å²) in [5, 5.41) is 3.55. The summed E-state index contributed by atoms with van der Waals surface area (Å²) in [6, 6.07) is 5.15. The van der Waals surface area contributed by atoms with Crippen molar-refractivity contribution in [2.24, 2.45) is 5.92 Å². The lowest BCUT2D eigenvalue weighted by molar-refractivity contribution is 0.148. The minimum Gasteiger partial charge on any atom is -0.489 e. The second-order valence-electron chi connectivity index (χ2n) is 5.16. The van der Waals surface area contributed by atoms with Crippen LogP contribution in [0.15, 0.2) is 18.2 Å². The Bertz CT molecular complexity index is 407. The summed E-state index contributed by atoms with van der Waals surface area (Å²) in [6.07, 6.45) is 2.59. The summed E-state index contributed by atoms with van der Waals surface area (Å²) in [6.45, 7) is 5.05. The Morgan fingerprint density at radius 1 is 1.44 bits per heavy atom. The van der Waals surface area contributed by atoms with Crippen LogP contribution in [0.3, 0.4) is 0 Å². The number of halogens is 2. The van der Waals surface area contributed by atoms with E-state index in [-0.39, 0.29) is 11.1 Å². The maximum atomic E-state index is 13.1. The average Bonchev–Trinajstić information content (AvgIpc) is 3.12. The third-order valence-corrected chi connectivity index (χ3v) is 3.40. The second kappa shape index (κ2) is 5.89. The standard InChI is InChI=1S/C14H19ClFNO/c1-9(2)14(8-17-10-3-4-10)18-11-5-6-13(16)12(15)7-11/h5-7,9-10,14,17H,3-4,8H2,1-2H3. The van der Waals surface area contributed by atoms with E-state index in [9.17, 15) is 4.39 Å². The van der Waals surface area contributed by atoms with Gasteiger partial charge in [-0.1, -0.05) is 25.4 Å². The molecule has 0 aromatic heterocycles. The van der Waals surface area contributed by atoms with Crippen molar-refractivity contribution in [3.63, 3.8) is 0 Å². The molecule has 1 aliphatic carbocycles. The highest BCUT2D eigenvalue weighted by Gasteiger charge is 2.23. The number of hydrogen-bond acceptors (Lipinski definition) is 2. The predicted molar refractivity (Wildman–Crippen MR) is 71.7 cm³/mol. The summed E-state index contributed by atoms with van der Waals surface area (Å²) in [7, 11) is 0. The van der Waals surface area contributed by atoms with Crippen molar-refractivity contribution < 1.29 is 9.13 Å². The van der Waals surface area contributed by atoms with Gasteiger partial charge in [-0.15, -0.1) is 0 Å². The lowest BCUT2D eigenvalue weighted by atomic mass is 10.1. The molecule has 1 aliphatic rings. The van der Waals surface area contributed by atoms with Crippen molar-refractivity contribution in [2.75, 3.05) is 6.54 Å². The Kier molecular flexibility index (Phi) is 4.46. The molecule has 1 fully saturated rings. The van der Waals surface area contributed by atoms with E-state index in [0.29, 0.717) is 17.7 Å². The molecular formula is C14H19ClFNO. The van der Waals surface area contributed by atoms with Crippen molar-refractivity contribution in [3.8, 4) is 5.75 Å². The zero-order valence-electron chi connectivity index (χ0n) is 10.7. The van der Waals surface area contributed by atoms with E-state index in [0.717, 1.165) is 6.54 Å². The first kappa shape index (κ1) is 13.6. The first-order chi connectivity index (χ1) is 8.56. The van der Waals surface area contributed by atoms with Crippen molar-refractivity contribution in [1.29, 1.82) is 0 Å². The van der Waals surface area contributed by atoms with Gasteiger partial charge in [-0.25, -0.2) is 4.39 Å². The number of rotatable bonds is 6. The molecule has 1 aromatic rings. The first-order valence-corrected chi connectivity index (χ1v) is 6.79. The number of nitrogens with one attached hydrogen (secondary N) is 1. The average molecular weight is 272 g/mol. The fraction of sp³-hybridized carbons (Fsp3) is 0.571. The van der Waals surface area contributed by atoms with Crippen LogP contribution in [0.1, 0.15) is 26.7 Å². The Morgan fingerprint density at radius 3 is 2.72 bits per heavy atom. The van der Waals surface area contributed by atoms with E-state index in [1.807, 2.05) is 0 Å². The molecule has 0 aliphatic heterocycles. The summed E-state index contributed by atoms with van der Waals surface area (Å²) < 4.78 is 18.9. The van der Waals surface area contributed by atoms with Gasteiger partial charge in [0.05, 0.1) is 5.02 Å². The SMILES string of the molecule is CC(C)C(CNC1CC1)Oc1ccc(F)c(Cl)c1. The van der Waals surface area contributed by atoms with Crippen LogP contribution in [-0.4, -0.2) is 18.7 Å². The molecule has 4 heteroatoms. The third kappa shape index (κ3) is 3.85. The Hall–Kier alpha value is -0.800. The van der Waals surface area contributed by atoms with E-state index in [4.69, 9.17) is 16.3 Å². The van der Waals surface area contributed by atoms with Crippen molar-refractivity contribution in [1.82, 2.24) is 5.32 Å². The van der Waals surface area contributed by atoms with E-state index in [2.05, 4.69) is 19.2 Å². The molecule has 1 N–H and O–H groups in total. The van der Waals surface area contributed by atoms with Gasteiger partial charge >= 0.3 is 0 Å². The predicted octanol–water partition coefficient (Wildman–Crippen LogP) is 3.63. The van der Waals surface area contributed by atoms with Crippen molar-refractivity contribution in [3.05, 3.63) is 29.0 Å². The lowest BCUT2D eigenvalue weighted by Crippen LogP contribution is -2.36. The number of hydrogen-bond donors (Lipinski definition) is 1. The molecule has 1 aromatic carbocycles. The lowest BCUT2D eigenvalue weighted by Gasteiger charge is -2.23. The highest BCUT2D eigenvalue weighted by atomic mass is 35.5. The molecule has 2 rings (SSSR count). The highest BCUT2D eigenvalue weighted by molar-refractivity contribution is 6.30. The highest BCUT2D eigenvalue weighted by Crippen LogP contribution is 2.24. The summed E-state index contributed by atoms with van der Waals surface area (Å²) in [5.41, 5.74) is 0. The van der Waals surface area contributed by atoms with Crippen LogP contribution in [0.2, 0.25) is 5.02 Å². The second-order valence-corrected chi connectivity index (χ2v) is 5.57. The van der Waals surface area contributed by atoms with Gasteiger partial charge < -0.3 is 10.1 Å². The molecule has 1 atom stereocenters. The monoisotopic (exact) mass is 271 g/mol. The summed E-state index contributed by atoms with van der Waals surface area (Å²) in [4.78, 5) is 0. The smallest absolute Gasteiger partial charge is 0.142 e. The third-order valence-electron chi connectivity index (χ3n) is 3.11. The zero-order valence-corrected chi connectivity index (χ0v) is 11.5. The topological polar surface area (TPSA) is 21.3 Å². The van der Waals surface area contributed by atoms with Gasteiger partial charge in [-0.3, -0.25) is 0 Å². The molecule has 0 heterocycles. The molecule has 18 heavy (non-hydrogen) atoms. The molecule has 0 radical (unpaired) electrons. The van der Waals surface area contributed by atoms with Crippen molar-refractivity contribution in [2.45, 2.75) is 38.8 Å². The van der Waals surface area contributed by atoms with Crippen LogP contribution in [-0.2, 0) is 0 Å². The maximum Gasteiger partial charge on any atom is 0.142 e. The molecule has 2 nitrogen and oxygen atoms in total. The largest absolute Gasteiger partial charge is 0.489 e. The van der Waals surface area contributed by atoms with Gasteiger partial charge in [0, 0.05) is 18.7 Å². The van der Waals surface area contributed by atoms with Gasteiger partial charge in [-0.2, -0.15) is 0 Å². The zero-order chi connectivity index (χ0) is 13.1. The Balaban J connectivity index is 1.95. The van der Waals surface area contributed by atoms with Crippen LogP contribution in [0.25, 0.3) is 0 Å². The van der Waals surface area contributed by atoms with E-state index in [1.165, 1.54) is 25.0 Å². The quantitative estimate of drug-likeness (QED) is 0.853. The minimum absolute atomic E-state index is 0.0760. The minimum atomic E-state index is -0.416. The Labute approximate surface area is 112 Å². The number of ether oxygens (including phenoxy) is 1. The Morgan fingerprint density at radius 2 is 2.17 bits per heavy atom. The first-order valence-electron chi connectivity index (χ1n) is 6.41. The van der Waals surface area contributed by atoms with Crippen LogP contribution in [0.5, 0.6) is 5.75 Å². The van der Waals surface area contributed by atoms with E-state index < -0.39 is 5.82 Å². The molecule has 1 unspecified atom stereocenters. The van der Waals surface area contributed by atoms with Gasteiger partial charge in [0.2, 0.25) is 0 Å². The molecule has 1 saturated carbocycles. The fourth-order valence-electron chi connectivity index (χ4n) is 1.71. The van der Waals surface area contributed by atoms with Crippen LogP contribution >= 0.6 is 11.6 Å². The summed E-state index contributed by atoms with van der Waals surface area (Å²) >= 11 is 5.74. The van der Waals surface area contributed by atoms with Crippen molar-refractivity contribution >= 4 is 11.6 Å². The molecule has 0 bridgehead atoms. The van der Waals surface area contributed by atoms with Crippen LogP contribution in [0.4, 0.5) is 4.39 Å². The normalized spacial score (nSPS) is 16.9. The van der Waals surface area contributed by atoms with Gasteiger partial charge in [0.15, 0.2) is 0 Å². The molecule has 0 spiro atoms. The molecular weight excluding hydrogens is 253 g/mol. The van der Waals surface area contributed by atoms with Crippen LogP contribution < -0.4 is 10.1 Å². The molecule has 100 valence electrons. The van der Waals surface area contributed by atoms with Gasteiger partial charge in [0.1, 0.15) is 17.7 Å². The summed E-state index contributed by atoms with van der Waals surface area (Å²) in [5.74, 6) is 0.596. The van der Waals surface area contributed by atoms with E-state index in [1.54, 1.807) is 6.07 Å². The van der Waals surface area contributed by atoms with Gasteiger partial charge in [0.25, 0.3) is 0 Å². The van der Waals surface area contributed by atoms with Gasteiger partial charge in [-0.05, 0) is 30.9 Å². The fourth-order valence-corrected chi connectivity index (χ4v) is 1.88. The number of benzene rings is 1. The molecule has 0 saturated heterocycles. The maximum absolute atomic E-state index is 13.1.